The molecule has 0 aliphatic carbocycles. The van der Waals surface area contributed by atoms with Gasteiger partial charge in [-0.1, -0.05) is 36.7 Å². The first-order chi connectivity index (χ1) is 8.79. The number of ether oxygens (including phenoxy) is 2. The molecule has 1 aromatic carbocycles. The molecule has 0 aliphatic rings. The van der Waals surface area contributed by atoms with Gasteiger partial charge in [-0.25, -0.2) is 0 Å². The second-order valence-corrected chi connectivity index (χ2v) is 6.70. The van der Waals surface area contributed by atoms with Gasteiger partial charge in [-0.3, -0.25) is 0 Å². The molecule has 2 N–H and O–H groups in total. The molecule has 4 heteroatoms. The minimum absolute atomic E-state index is 0.00519. The van der Waals surface area contributed by atoms with E-state index in [9.17, 15) is 0 Å². The molecule has 0 saturated heterocycles. The van der Waals surface area contributed by atoms with Crippen LogP contribution in [0.3, 0.4) is 0 Å². The first kappa shape index (κ1) is 16.5. The average Bonchev–Trinajstić information content (AvgIpc) is 2.31. The molecule has 1 rings (SSSR count). The molecule has 2 unspecified atom stereocenters. The van der Waals surface area contributed by atoms with Crippen molar-refractivity contribution in [3.63, 3.8) is 0 Å². The smallest absolute Gasteiger partial charge is 0.119 e. The molecular formula is C15H24BrNO2. The Hall–Kier alpha value is -0.580. The Labute approximate surface area is 124 Å². The molecule has 0 heterocycles. The number of nitrogens with two attached hydrogens (primary N) is 1. The maximum absolute atomic E-state index is 6.32. The summed E-state index contributed by atoms with van der Waals surface area (Å²) in [6.07, 6.45) is 0.749. The Bertz CT molecular complexity index is 415. The normalized spacial score (nSPS) is 15.1. The quantitative estimate of drug-likeness (QED) is 0.900. The minimum atomic E-state index is -0.0617. The highest BCUT2D eigenvalue weighted by Gasteiger charge is 2.30. The fourth-order valence-electron chi connectivity index (χ4n) is 2.37. The van der Waals surface area contributed by atoms with E-state index in [2.05, 4.69) is 36.7 Å². The van der Waals surface area contributed by atoms with Crippen LogP contribution < -0.4 is 10.5 Å². The molecule has 19 heavy (non-hydrogen) atoms. The van der Waals surface area contributed by atoms with Crippen LogP contribution in [0.15, 0.2) is 22.7 Å². The molecule has 108 valence electrons. The summed E-state index contributed by atoms with van der Waals surface area (Å²) in [5.41, 5.74) is 7.47. The highest BCUT2D eigenvalue weighted by atomic mass is 79.9. The Morgan fingerprint density at radius 3 is 2.37 bits per heavy atom. The van der Waals surface area contributed by atoms with Crippen molar-refractivity contribution < 1.29 is 9.47 Å². The maximum Gasteiger partial charge on any atom is 0.119 e. The predicted octanol–water partition coefficient (Wildman–Crippen LogP) is 3.39. The van der Waals surface area contributed by atoms with E-state index in [1.54, 1.807) is 14.2 Å². The van der Waals surface area contributed by atoms with Gasteiger partial charge in [0.2, 0.25) is 0 Å². The summed E-state index contributed by atoms with van der Waals surface area (Å²) in [6, 6.07) is 5.86. The summed E-state index contributed by atoms with van der Waals surface area (Å²) in [5, 5.41) is 0. The zero-order chi connectivity index (χ0) is 14.6. The molecule has 0 radical (unpaired) electrons. The van der Waals surface area contributed by atoms with Gasteiger partial charge < -0.3 is 15.2 Å². The van der Waals surface area contributed by atoms with Crippen LogP contribution in [-0.2, 0) is 11.2 Å². The number of hydrogen-bond acceptors (Lipinski definition) is 3. The summed E-state index contributed by atoms with van der Waals surface area (Å²) in [4.78, 5) is 0. The van der Waals surface area contributed by atoms with Crippen LogP contribution in [0.4, 0.5) is 0 Å². The third kappa shape index (κ3) is 4.48. The van der Waals surface area contributed by atoms with Crippen LogP contribution in [0.25, 0.3) is 0 Å². The second-order valence-electron chi connectivity index (χ2n) is 5.85. The van der Waals surface area contributed by atoms with E-state index in [1.807, 2.05) is 18.2 Å². The van der Waals surface area contributed by atoms with Crippen molar-refractivity contribution in [2.45, 2.75) is 39.3 Å². The lowest BCUT2D eigenvalue weighted by Crippen LogP contribution is -2.46. The molecule has 0 saturated carbocycles. The van der Waals surface area contributed by atoms with Gasteiger partial charge in [-0.2, -0.15) is 0 Å². The van der Waals surface area contributed by atoms with Crippen LogP contribution in [0.5, 0.6) is 5.75 Å². The van der Waals surface area contributed by atoms with E-state index in [4.69, 9.17) is 15.2 Å². The Balaban J connectivity index is 2.89. The fourth-order valence-corrected chi connectivity index (χ4v) is 2.77. The van der Waals surface area contributed by atoms with Crippen molar-refractivity contribution in [1.82, 2.24) is 0 Å². The predicted molar refractivity (Wildman–Crippen MR) is 82.6 cm³/mol. The van der Waals surface area contributed by atoms with Crippen molar-refractivity contribution in [3.05, 3.63) is 28.2 Å². The van der Waals surface area contributed by atoms with Gasteiger partial charge in [0.05, 0.1) is 13.2 Å². The molecule has 0 fully saturated rings. The number of methoxy groups -OCH3 is 2. The first-order valence-corrected chi connectivity index (χ1v) is 7.19. The van der Waals surface area contributed by atoms with Crippen LogP contribution >= 0.6 is 15.9 Å². The minimum Gasteiger partial charge on any atom is -0.497 e. The molecular weight excluding hydrogens is 306 g/mol. The van der Waals surface area contributed by atoms with Crippen LogP contribution in [0.1, 0.15) is 26.3 Å². The SMILES string of the molecule is COc1ccc(Br)c(CC(N)C(OC)C(C)(C)C)c1. The molecule has 0 amide bonds. The summed E-state index contributed by atoms with van der Waals surface area (Å²) in [6.45, 7) is 6.42. The highest BCUT2D eigenvalue weighted by molar-refractivity contribution is 9.10. The summed E-state index contributed by atoms with van der Waals surface area (Å²) in [7, 11) is 3.39. The van der Waals surface area contributed by atoms with Gasteiger partial charge in [0.25, 0.3) is 0 Å². The van der Waals surface area contributed by atoms with Crippen molar-refractivity contribution in [2.75, 3.05) is 14.2 Å². The molecule has 3 nitrogen and oxygen atoms in total. The molecule has 0 aliphatic heterocycles. The van der Waals surface area contributed by atoms with Crippen molar-refractivity contribution in [3.8, 4) is 5.75 Å². The molecule has 1 aromatic rings. The largest absolute Gasteiger partial charge is 0.497 e. The van der Waals surface area contributed by atoms with Crippen molar-refractivity contribution in [1.29, 1.82) is 0 Å². The molecule has 0 bridgehead atoms. The molecule has 2 atom stereocenters. The van der Waals surface area contributed by atoms with Crippen LogP contribution in [-0.4, -0.2) is 26.4 Å². The second kappa shape index (κ2) is 6.73. The lowest BCUT2D eigenvalue weighted by molar-refractivity contribution is -0.00169. The topological polar surface area (TPSA) is 44.5 Å². The summed E-state index contributed by atoms with van der Waals surface area (Å²) < 4.78 is 11.9. The van der Waals surface area contributed by atoms with Gasteiger partial charge in [-0.05, 0) is 35.6 Å². The molecule has 0 spiro atoms. The van der Waals surface area contributed by atoms with E-state index in [0.29, 0.717) is 0 Å². The highest BCUT2D eigenvalue weighted by Crippen LogP contribution is 2.28. The van der Waals surface area contributed by atoms with Gasteiger partial charge in [0.15, 0.2) is 0 Å². The van der Waals surface area contributed by atoms with Crippen LogP contribution in [0, 0.1) is 5.41 Å². The number of halogens is 1. The number of hydrogen-bond donors (Lipinski definition) is 1. The Morgan fingerprint density at radius 1 is 1.26 bits per heavy atom. The van der Waals surface area contributed by atoms with E-state index < -0.39 is 0 Å². The van der Waals surface area contributed by atoms with E-state index in [1.165, 1.54) is 0 Å². The number of benzene rings is 1. The Morgan fingerprint density at radius 2 is 1.89 bits per heavy atom. The van der Waals surface area contributed by atoms with Gasteiger partial charge in [0.1, 0.15) is 5.75 Å². The van der Waals surface area contributed by atoms with E-state index in [-0.39, 0.29) is 17.6 Å². The van der Waals surface area contributed by atoms with Gasteiger partial charge in [0, 0.05) is 17.6 Å². The maximum atomic E-state index is 6.32. The average molecular weight is 330 g/mol. The fraction of sp³-hybridized carbons (Fsp3) is 0.600. The van der Waals surface area contributed by atoms with Gasteiger partial charge in [-0.15, -0.1) is 0 Å². The van der Waals surface area contributed by atoms with Gasteiger partial charge >= 0.3 is 0 Å². The van der Waals surface area contributed by atoms with Crippen molar-refractivity contribution >= 4 is 15.9 Å². The zero-order valence-electron chi connectivity index (χ0n) is 12.4. The first-order valence-electron chi connectivity index (χ1n) is 6.40. The third-order valence-electron chi connectivity index (χ3n) is 3.20. The monoisotopic (exact) mass is 329 g/mol. The molecule has 0 aromatic heterocycles. The zero-order valence-corrected chi connectivity index (χ0v) is 14.0. The lowest BCUT2D eigenvalue weighted by atomic mass is 9.83. The number of rotatable bonds is 5. The van der Waals surface area contributed by atoms with Crippen molar-refractivity contribution in [2.24, 2.45) is 11.1 Å². The van der Waals surface area contributed by atoms with Crippen LogP contribution in [0.2, 0.25) is 0 Å². The third-order valence-corrected chi connectivity index (χ3v) is 3.98. The standard InChI is InChI=1S/C15H24BrNO2/c1-15(2,3)14(19-5)13(17)9-10-8-11(18-4)6-7-12(10)16/h6-8,13-14H,9,17H2,1-5H3. The summed E-state index contributed by atoms with van der Waals surface area (Å²) in [5.74, 6) is 0.843. The van der Waals surface area contributed by atoms with E-state index >= 15 is 0 Å². The Kier molecular flexibility index (Phi) is 5.83. The lowest BCUT2D eigenvalue weighted by Gasteiger charge is -2.34. The van der Waals surface area contributed by atoms with E-state index in [0.717, 1.165) is 22.2 Å². The summed E-state index contributed by atoms with van der Waals surface area (Å²) >= 11 is 3.56.